The molecule has 1 atom stereocenters. The Morgan fingerprint density at radius 1 is 1.00 bits per heavy atom. The Morgan fingerprint density at radius 3 is 2.56 bits per heavy atom. The first-order valence-corrected chi connectivity index (χ1v) is 14.2. The van der Waals surface area contributed by atoms with Crippen LogP contribution in [-0.4, -0.2) is 52.0 Å². The quantitative estimate of drug-likeness (QED) is 0.181. The highest BCUT2D eigenvalue weighted by atomic mass is 19.4. The van der Waals surface area contributed by atoms with Gasteiger partial charge in [-0.2, -0.15) is 18.3 Å². The minimum atomic E-state index is -4.93. The van der Waals surface area contributed by atoms with Crippen molar-refractivity contribution in [3.63, 3.8) is 0 Å². The zero-order chi connectivity index (χ0) is 30.2. The summed E-state index contributed by atoms with van der Waals surface area (Å²) in [5, 5.41) is 12.9. The molecule has 1 saturated heterocycles. The molecular formula is C32H32F3N3O5. The third kappa shape index (κ3) is 7.79. The molecule has 4 aromatic rings. The maximum atomic E-state index is 13.8. The SMILES string of the molecule is O=C(O)c1cnn(-c2cccc(-c3ccccc3CCc3ccc(OCCCOC4CCCCO4)cc3)n2)c1C(F)(F)F. The summed E-state index contributed by atoms with van der Waals surface area (Å²) in [6.07, 6.45) is 1.00. The second-order valence-corrected chi connectivity index (χ2v) is 10.2. The highest BCUT2D eigenvalue weighted by molar-refractivity contribution is 5.89. The van der Waals surface area contributed by atoms with Crippen LogP contribution in [0.1, 0.15) is 52.9 Å². The Bertz CT molecular complexity index is 1520. The van der Waals surface area contributed by atoms with Crippen molar-refractivity contribution >= 4 is 5.97 Å². The van der Waals surface area contributed by atoms with Gasteiger partial charge in [-0.25, -0.2) is 14.5 Å². The molecule has 3 heterocycles. The van der Waals surface area contributed by atoms with E-state index < -0.39 is 23.4 Å². The number of rotatable bonds is 12. The lowest BCUT2D eigenvalue weighted by Gasteiger charge is -2.22. The highest BCUT2D eigenvalue weighted by Gasteiger charge is 2.41. The first kappa shape index (κ1) is 30.2. The van der Waals surface area contributed by atoms with E-state index in [-0.39, 0.29) is 12.1 Å². The second kappa shape index (κ2) is 13.8. The fraction of sp³-hybridized carbons (Fsp3) is 0.344. The number of aromatic nitrogens is 3. The van der Waals surface area contributed by atoms with Crippen LogP contribution in [0.2, 0.25) is 0 Å². The average molecular weight is 596 g/mol. The molecule has 1 aliphatic rings. The number of alkyl halides is 3. The Balaban J connectivity index is 1.21. The predicted octanol–water partition coefficient (Wildman–Crippen LogP) is 6.75. The van der Waals surface area contributed by atoms with E-state index in [1.165, 1.54) is 6.07 Å². The van der Waals surface area contributed by atoms with Gasteiger partial charge >= 0.3 is 12.1 Å². The molecular weight excluding hydrogens is 563 g/mol. The number of aryl methyl sites for hydroxylation is 2. The van der Waals surface area contributed by atoms with Crippen molar-refractivity contribution in [2.75, 3.05) is 19.8 Å². The molecule has 0 spiro atoms. The number of nitrogens with zero attached hydrogens (tertiary/aromatic N) is 3. The van der Waals surface area contributed by atoms with Crippen molar-refractivity contribution in [3.8, 4) is 22.8 Å². The van der Waals surface area contributed by atoms with Gasteiger partial charge in [0.2, 0.25) is 0 Å². The molecule has 2 aromatic heterocycles. The Morgan fingerprint density at radius 2 is 1.81 bits per heavy atom. The van der Waals surface area contributed by atoms with Gasteiger partial charge in [0, 0.05) is 18.6 Å². The number of aromatic carboxylic acids is 1. The molecule has 11 heteroatoms. The molecule has 1 unspecified atom stereocenters. The van der Waals surface area contributed by atoms with E-state index in [0.29, 0.717) is 36.2 Å². The van der Waals surface area contributed by atoms with E-state index in [1.54, 1.807) is 12.1 Å². The van der Waals surface area contributed by atoms with Crippen molar-refractivity contribution < 1.29 is 37.3 Å². The van der Waals surface area contributed by atoms with Crippen LogP contribution in [0, 0.1) is 0 Å². The standard InChI is InChI=1S/C32H32F3N3O5/c33-32(34,35)30-26(31(39)40)21-36-38(30)28-10-5-9-27(37-28)25-8-2-1-7-23(25)15-12-22-13-16-24(17-14-22)41-19-6-20-43-29-11-3-4-18-42-29/h1-2,5,7-10,13-14,16-17,21,29H,3-4,6,11-12,15,18-20H2,(H,39,40). The van der Waals surface area contributed by atoms with Crippen molar-refractivity contribution in [1.29, 1.82) is 0 Å². The minimum Gasteiger partial charge on any atom is -0.494 e. The smallest absolute Gasteiger partial charge is 0.434 e. The molecule has 2 aromatic carbocycles. The number of carbonyl (C=O) groups is 1. The van der Waals surface area contributed by atoms with Gasteiger partial charge in [-0.3, -0.25) is 0 Å². The highest BCUT2D eigenvalue weighted by Crippen LogP contribution is 2.34. The molecule has 226 valence electrons. The van der Waals surface area contributed by atoms with Crippen molar-refractivity contribution in [2.24, 2.45) is 0 Å². The average Bonchev–Trinajstić information content (AvgIpc) is 3.48. The van der Waals surface area contributed by atoms with Crippen molar-refractivity contribution in [1.82, 2.24) is 14.8 Å². The van der Waals surface area contributed by atoms with Crippen LogP contribution in [0.25, 0.3) is 17.1 Å². The summed E-state index contributed by atoms with van der Waals surface area (Å²) in [6.45, 7) is 1.90. The van der Waals surface area contributed by atoms with Crippen molar-refractivity contribution in [2.45, 2.75) is 51.0 Å². The fourth-order valence-electron chi connectivity index (χ4n) is 4.97. The molecule has 1 N–H and O–H groups in total. The van der Waals surface area contributed by atoms with Crippen LogP contribution < -0.4 is 4.74 Å². The van der Waals surface area contributed by atoms with E-state index in [1.807, 2.05) is 48.5 Å². The lowest BCUT2D eigenvalue weighted by molar-refractivity contribution is -0.163. The lowest BCUT2D eigenvalue weighted by Crippen LogP contribution is -2.23. The normalized spacial score (nSPS) is 15.4. The Kier molecular flexibility index (Phi) is 9.73. The van der Waals surface area contributed by atoms with Gasteiger partial charge in [-0.05, 0) is 67.5 Å². The number of pyridine rings is 1. The zero-order valence-corrected chi connectivity index (χ0v) is 23.4. The molecule has 8 nitrogen and oxygen atoms in total. The van der Waals surface area contributed by atoms with E-state index in [0.717, 1.165) is 61.2 Å². The largest absolute Gasteiger partial charge is 0.494 e. The van der Waals surface area contributed by atoms with Crippen LogP contribution in [0.15, 0.2) is 72.9 Å². The van der Waals surface area contributed by atoms with Gasteiger partial charge in [-0.15, -0.1) is 0 Å². The monoisotopic (exact) mass is 595 g/mol. The van der Waals surface area contributed by atoms with Crippen LogP contribution in [-0.2, 0) is 28.5 Å². The third-order valence-corrected chi connectivity index (χ3v) is 7.12. The number of carboxylic acid groups (broad SMARTS) is 1. The Labute approximate surface area is 247 Å². The van der Waals surface area contributed by atoms with Gasteiger partial charge < -0.3 is 19.3 Å². The molecule has 5 rings (SSSR count). The zero-order valence-electron chi connectivity index (χ0n) is 23.4. The number of ether oxygens (including phenoxy) is 3. The summed E-state index contributed by atoms with van der Waals surface area (Å²) in [5.41, 5.74) is 0.982. The van der Waals surface area contributed by atoms with E-state index in [4.69, 9.17) is 14.2 Å². The molecule has 0 aliphatic carbocycles. The molecule has 0 radical (unpaired) electrons. The number of hydrogen-bond acceptors (Lipinski definition) is 6. The first-order chi connectivity index (χ1) is 20.8. The Hall–Kier alpha value is -4.22. The van der Waals surface area contributed by atoms with Gasteiger partial charge in [0.05, 0.1) is 25.1 Å². The van der Waals surface area contributed by atoms with E-state index in [2.05, 4.69) is 10.1 Å². The summed E-state index contributed by atoms with van der Waals surface area (Å²) >= 11 is 0. The van der Waals surface area contributed by atoms with Crippen LogP contribution >= 0.6 is 0 Å². The van der Waals surface area contributed by atoms with Gasteiger partial charge in [-0.1, -0.05) is 42.5 Å². The van der Waals surface area contributed by atoms with Crippen molar-refractivity contribution in [3.05, 3.63) is 95.3 Å². The molecule has 1 aliphatic heterocycles. The van der Waals surface area contributed by atoms with Crippen LogP contribution in [0.5, 0.6) is 5.75 Å². The number of halogens is 3. The van der Waals surface area contributed by atoms with Gasteiger partial charge in [0.15, 0.2) is 17.8 Å². The molecule has 1 fully saturated rings. The number of benzene rings is 2. The van der Waals surface area contributed by atoms with Crippen LogP contribution in [0.4, 0.5) is 13.2 Å². The summed E-state index contributed by atoms with van der Waals surface area (Å²) in [7, 11) is 0. The van der Waals surface area contributed by atoms with Crippen LogP contribution in [0.3, 0.4) is 0 Å². The molecule has 0 bridgehead atoms. The fourth-order valence-corrected chi connectivity index (χ4v) is 4.97. The maximum Gasteiger partial charge on any atom is 0.434 e. The first-order valence-electron chi connectivity index (χ1n) is 14.2. The molecule has 0 saturated carbocycles. The third-order valence-electron chi connectivity index (χ3n) is 7.12. The van der Waals surface area contributed by atoms with E-state index >= 15 is 0 Å². The lowest BCUT2D eigenvalue weighted by atomic mass is 9.97. The van der Waals surface area contributed by atoms with Gasteiger partial charge in [0.1, 0.15) is 11.3 Å². The predicted molar refractivity (Wildman–Crippen MR) is 152 cm³/mol. The summed E-state index contributed by atoms with van der Waals surface area (Å²) in [6, 6.07) is 20.1. The summed E-state index contributed by atoms with van der Waals surface area (Å²) in [4.78, 5) is 15.8. The topological polar surface area (TPSA) is 95.7 Å². The molecule has 43 heavy (non-hydrogen) atoms. The van der Waals surface area contributed by atoms with Gasteiger partial charge in [0.25, 0.3) is 0 Å². The number of carboxylic acids is 1. The second-order valence-electron chi connectivity index (χ2n) is 10.2. The minimum absolute atomic E-state index is 0.0939. The van der Waals surface area contributed by atoms with E-state index in [9.17, 15) is 23.1 Å². The number of hydrogen-bond donors (Lipinski definition) is 1. The summed E-state index contributed by atoms with van der Waals surface area (Å²) < 4.78 is 58.9. The summed E-state index contributed by atoms with van der Waals surface area (Å²) in [5.74, 6) is -1.06. The maximum absolute atomic E-state index is 13.8. The molecule has 0 amide bonds.